The number of hydrogen-bond acceptors (Lipinski definition) is 5. The molecule has 0 radical (unpaired) electrons. The second kappa shape index (κ2) is 8.65. The third-order valence-electron chi connectivity index (χ3n) is 4.79. The van der Waals surface area contributed by atoms with E-state index in [1.807, 2.05) is 25.1 Å². The molecule has 0 bridgehead atoms. The Morgan fingerprint density at radius 1 is 1.10 bits per heavy atom. The van der Waals surface area contributed by atoms with E-state index in [0.29, 0.717) is 22.6 Å². The maximum absolute atomic E-state index is 12.6. The Labute approximate surface area is 169 Å². The van der Waals surface area contributed by atoms with Crippen LogP contribution in [0, 0.1) is 0 Å². The summed E-state index contributed by atoms with van der Waals surface area (Å²) in [7, 11) is 0. The molecule has 0 spiro atoms. The van der Waals surface area contributed by atoms with Crippen molar-refractivity contribution in [2.24, 2.45) is 0 Å². The average Bonchev–Trinajstić information content (AvgIpc) is 3.17. The van der Waals surface area contributed by atoms with Gasteiger partial charge in [-0.3, -0.25) is 4.79 Å². The van der Waals surface area contributed by atoms with Gasteiger partial charge in [-0.1, -0.05) is 30.3 Å². The molecule has 4 rings (SSSR count). The molecule has 1 N–H and O–H groups in total. The summed E-state index contributed by atoms with van der Waals surface area (Å²) in [5.74, 6) is 0.523. The van der Waals surface area contributed by atoms with Crippen molar-refractivity contribution < 1.29 is 9.21 Å². The summed E-state index contributed by atoms with van der Waals surface area (Å²) in [6.07, 6.45) is 5.83. The third kappa shape index (κ3) is 4.66. The summed E-state index contributed by atoms with van der Waals surface area (Å²) in [5.41, 5.74) is 4.00. The number of oxazole rings is 1. The molecule has 6 heteroatoms. The molecule has 4 aromatic rings. The molecule has 0 aliphatic heterocycles. The van der Waals surface area contributed by atoms with Crippen molar-refractivity contribution in [3.05, 3.63) is 89.8 Å². The minimum Gasteiger partial charge on any atom is -0.441 e. The number of carbonyl (C=O) groups is 1. The topological polar surface area (TPSA) is 80.9 Å². The molecular formula is C23H22N4O2. The zero-order valence-corrected chi connectivity index (χ0v) is 16.2. The molecule has 146 valence electrons. The Balaban J connectivity index is 1.40. The number of nitrogens with one attached hydrogen (secondary N) is 1. The maximum Gasteiger partial charge on any atom is 0.251 e. The number of aromatic nitrogens is 3. The lowest BCUT2D eigenvalue weighted by Crippen LogP contribution is -2.27. The van der Waals surface area contributed by atoms with E-state index < -0.39 is 0 Å². The van der Waals surface area contributed by atoms with Crippen LogP contribution in [-0.2, 0) is 12.8 Å². The lowest BCUT2D eigenvalue weighted by atomic mass is 10.1. The van der Waals surface area contributed by atoms with Gasteiger partial charge < -0.3 is 9.73 Å². The number of aryl methyl sites for hydroxylation is 2. The van der Waals surface area contributed by atoms with E-state index in [-0.39, 0.29) is 11.9 Å². The smallest absolute Gasteiger partial charge is 0.251 e. The van der Waals surface area contributed by atoms with Crippen LogP contribution in [0.5, 0.6) is 0 Å². The zero-order valence-electron chi connectivity index (χ0n) is 16.2. The lowest BCUT2D eigenvalue weighted by Gasteiger charge is -2.12. The van der Waals surface area contributed by atoms with Crippen molar-refractivity contribution in [3.63, 3.8) is 0 Å². The fourth-order valence-corrected chi connectivity index (χ4v) is 3.22. The van der Waals surface area contributed by atoms with Crippen LogP contribution in [0.15, 0.2) is 71.5 Å². The maximum atomic E-state index is 12.6. The normalized spacial score (nSPS) is 12.0. The first-order valence-corrected chi connectivity index (χ1v) is 9.69. The van der Waals surface area contributed by atoms with Crippen LogP contribution in [0.1, 0.15) is 46.9 Å². The second-order valence-electron chi connectivity index (χ2n) is 6.96. The molecule has 2 heterocycles. The molecule has 0 aliphatic carbocycles. The molecule has 0 saturated carbocycles. The SMILES string of the molecule is CC(NC(=O)c1ccc2oc(CCCc3ccccc3)nc2c1)c1ccncn1. The van der Waals surface area contributed by atoms with Gasteiger partial charge in [0, 0.05) is 18.2 Å². The summed E-state index contributed by atoms with van der Waals surface area (Å²) in [6, 6.07) is 17.3. The molecule has 29 heavy (non-hydrogen) atoms. The number of carbonyl (C=O) groups excluding carboxylic acids is 1. The molecule has 1 unspecified atom stereocenters. The first-order chi connectivity index (χ1) is 14.2. The predicted octanol–water partition coefficient (Wildman–Crippen LogP) is 4.28. The summed E-state index contributed by atoms with van der Waals surface area (Å²) in [5, 5.41) is 2.95. The summed E-state index contributed by atoms with van der Waals surface area (Å²) in [6.45, 7) is 1.89. The highest BCUT2D eigenvalue weighted by Gasteiger charge is 2.14. The highest BCUT2D eigenvalue weighted by atomic mass is 16.3. The number of nitrogens with zero attached hydrogens (tertiary/aromatic N) is 3. The van der Waals surface area contributed by atoms with Gasteiger partial charge in [0.2, 0.25) is 0 Å². The largest absolute Gasteiger partial charge is 0.441 e. The quantitative estimate of drug-likeness (QED) is 0.513. The Bertz CT molecular complexity index is 1090. The van der Waals surface area contributed by atoms with Crippen molar-refractivity contribution in [1.29, 1.82) is 0 Å². The van der Waals surface area contributed by atoms with Crippen molar-refractivity contribution in [2.75, 3.05) is 0 Å². The average molecular weight is 386 g/mol. The van der Waals surface area contributed by atoms with E-state index in [1.165, 1.54) is 11.9 Å². The van der Waals surface area contributed by atoms with E-state index in [1.54, 1.807) is 30.5 Å². The van der Waals surface area contributed by atoms with Crippen molar-refractivity contribution in [1.82, 2.24) is 20.3 Å². The zero-order chi connectivity index (χ0) is 20.1. The molecule has 0 saturated heterocycles. The highest BCUT2D eigenvalue weighted by molar-refractivity contribution is 5.97. The molecule has 2 aromatic heterocycles. The van der Waals surface area contributed by atoms with Gasteiger partial charge in [0.25, 0.3) is 5.91 Å². The third-order valence-corrected chi connectivity index (χ3v) is 4.79. The number of benzene rings is 2. The Morgan fingerprint density at radius 3 is 2.76 bits per heavy atom. The van der Waals surface area contributed by atoms with Crippen LogP contribution in [0.2, 0.25) is 0 Å². The van der Waals surface area contributed by atoms with Gasteiger partial charge in [-0.05, 0) is 49.6 Å². The van der Waals surface area contributed by atoms with E-state index in [2.05, 4.69) is 32.4 Å². The second-order valence-corrected chi connectivity index (χ2v) is 6.96. The molecule has 1 amide bonds. The van der Waals surface area contributed by atoms with Crippen LogP contribution < -0.4 is 5.32 Å². The van der Waals surface area contributed by atoms with Crippen LogP contribution in [-0.4, -0.2) is 20.9 Å². The minimum atomic E-state index is -0.216. The van der Waals surface area contributed by atoms with Gasteiger partial charge in [0.15, 0.2) is 11.5 Å². The monoisotopic (exact) mass is 386 g/mol. The molecule has 6 nitrogen and oxygen atoms in total. The van der Waals surface area contributed by atoms with Crippen molar-refractivity contribution in [2.45, 2.75) is 32.2 Å². The molecule has 0 aliphatic rings. The first-order valence-electron chi connectivity index (χ1n) is 9.69. The van der Waals surface area contributed by atoms with E-state index in [9.17, 15) is 4.79 Å². The fraction of sp³-hybridized carbons (Fsp3) is 0.217. The number of rotatable bonds is 7. The van der Waals surface area contributed by atoms with Gasteiger partial charge in [-0.2, -0.15) is 0 Å². The van der Waals surface area contributed by atoms with Crippen LogP contribution in [0.4, 0.5) is 0 Å². The Hall–Kier alpha value is -3.54. The predicted molar refractivity (Wildman–Crippen MR) is 110 cm³/mol. The molecule has 2 aromatic carbocycles. The van der Waals surface area contributed by atoms with Gasteiger partial charge in [-0.15, -0.1) is 0 Å². The molecular weight excluding hydrogens is 364 g/mol. The Kier molecular flexibility index (Phi) is 5.61. The van der Waals surface area contributed by atoms with Crippen LogP contribution >= 0.6 is 0 Å². The van der Waals surface area contributed by atoms with Gasteiger partial charge in [0.05, 0.1) is 11.7 Å². The Morgan fingerprint density at radius 2 is 1.97 bits per heavy atom. The highest BCUT2D eigenvalue weighted by Crippen LogP contribution is 2.19. The van der Waals surface area contributed by atoms with E-state index in [0.717, 1.165) is 25.0 Å². The van der Waals surface area contributed by atoms with Crippen molar-refractivity contribution in [3.8, 4) is 0 Å². The minimum absolute atomic E-state index is 0.174. The van der Waals surface area contributed by atoms with Gasteiger partial charge in [-0.25, -0.2) is 15.0 Å². The summed E-state index contributed by atoms with van der Waals surface area (Å²) >= 11 is 0. The van der Waals surface area contributed by atoms with E-state index >= 15 is 0 Å². The molecule has 1 atom stereocenters. The summed E-state index contributed by atoms with van der Waals surface area (Å²) < 4.78 is 5.83. The fourth-order valence-electron chi connectivity index (χ4n) is 3.22. The van der Waals surface area contributed by atoms with E-state index in [4.69, 9.17) is 4.42 Å². The van der Waals surface area contributed by atoms with Gasteiger partial charge in [0.1, 0.15) is 11.8 Å². The first kappa shape index (κ1) is 18.8. The van der Waals surface area contributed by atoms with Crippen molar-refractivity contribution >= 4 is 17.0 Å². The van der Waals surface area contributed by atoms with Gasteiger partial charge >= 0.3 is 0 Å². The lowest BCUT2D eigenvalue weighted by molar-refractivity contribution is 0.0939. The number of amides is 1. The van der Waals surface area contributed by atoms with Crippen LogP contribution in [0.3, 0.4) is 0 Å². The van der Waals surface area contributed by atoms with Crippen LogP contribution in [0.25, 0.3) is 11.1 Å². The molecule has 0 fully saturated rings. The number of fused-ring (bicyclic) bond motifs is 1. The number of hydrogen-bond donors (Lipinski definition) is 1. The summed E-state index contributed by atoms with van der Waals surface area (Å²) in [4.78, 5) is 25.2. The standard InChI is InChI=1S/C23H22N4O2/c1-16(19-12-13-24-15-25-19)26-23(28)18-10-11-21-20(14-18)27-22(29-21)9-5-8-17-6-3-2-4-7-17/h2-4,6-7,10-16H,5,8-9H2,1H3,(H,26,28).